The third-order valence-electron chi connectivity index (χ3n) is 3.55. The fraction of sp³-hybridized carbons (Fsp3) is 0.235. The SMILES string of the molecule is Cc1cc(C)cc(CN2C(=O)CNc3ccccc32)c1. The number of hydrogen-bond donors (Lipinski definition) is 1. The molecular formula is C17H18N2O. The molecule has 0 saturated carbocycles. The number of carbonyl (C=O) groups excluding carboxylic acids is 1. The van der Waals surface area contributed by atoms with E-state index in [1.54, 1.807) is 0 Å². The fourth-order valence-corrected chi connectivity index (χ4v) is 2.78. The average Bonchev–Trinajstić information content (AvgIpc) is 2.41. The summed E-state index contributed by atoms with van der Waals surface area (Å²) in [6.45, 7) is 5.16. The first-order valence-electron chi connectivity index (χ1n) is 6.84. The van der Waals surface area contributed by atoms with E-state index in [0.29, 0.717) is 13.1 Å². The van der Waals surface area contributed by atoms with Gasteiger partial charge in [-0.2, -0.15) is 0 Å². The second-order valence-corrected chi connectivity index (χ2v) is 5.35. The molecule has 3 rings (SSSR count). The van der Waals surface area contributed by atoms with E-state index < -0.39 is 0 Å². The van der Waals surface area contributed by atoms with Crippen molar-refractivity contribution in [3.8, 4) is 0 Å². The van der Waals surface area contributed by atoms with Gasteiger partial charge in [0.1, 0.15) is 0 Å². The van der Waals surface area contributed by atoms with Crippen LogP contribution in [0.3, 0.4) is 0 Å². The Morgan fingerprint density at radius 2 is 1.80 bits per heavy atom. The molecule has 0 saturated heterocycles. The number of rotatable bonds is 2. The number of benzene rings is 2. The molecule has 1 N–H and O–H groups in total. The Kier molecular flexibility index (Phi) is 3.18. The molecule has 0 atom stereocenters. The molecule has 1 amide bonds. The first-order valence-corrected chi connectivity index (χ1v) is 6.84. The summed E-state index contributed by atoms with van der Waals surface area (Å²) in [5, 5.41) is 3.16. The lowest BCUT2D eigenvalue weighted by Crippen LogP contribution is -2.39. The number of hydrogen-bond acceptors (Lipinski definition) is 2. The van der Waals surface area contributed by atoms with E-state index in [-0.39, 0.29) is 5.91 Å². The maximum atomic E-state index is 12.2. The number of nitrogens with zero attached hydrogens (tertiary/aromatic N) is 1. The zero-order valence-corrected chi connectivity index (χ0v) is 11.8. The molecule has 0 spiro atoms. The Hall–Kier alpha value is -2.29. The van der Waals surface area contributed by atoms with Crippen LogP contribution in [0.4, 0.5) is 11.4 Å². The van der Waals surface area contributed by atoms with Crippen LogP contribution in [0.5, 0.6) is 0 Å². The molecule has 0 fully saturated rings. The molecule has 20 heavy (non-hydrogen) atoms. The van der Waals surface area contributed by atoms with Crippen molar-refractivity contribution >= 4 is 17.3 Å². The molecular weight excluding hydrogens is 248 g/mol. The molecule has 0 bridgehead atoms. The van der Waals surface area contributed by atoms with Gasteiger partial charge in [0.05, 0.1) is 24.5 Å². The zero-order valence-electron chi connectivity index (χ0n) is 11.8. The van der Waals surface area contributed by atoms with Crippen LogP contribution in [0, 0.1) is 13.8 Å². The third kappa shape index (κ3) is 2.39. The Bertz CT molecular complexity index is 644. The molecule has 2 aromatic rings. The number of aryl methyl sites for hydroxylation is 2. The van der Waals surface area contributed by atoms with Crippen molar-refractivity contribution in [1.29, 1.82) is 0 Å². The lowest BCUT2D eigenvalue weighted by atomic mass is 10.1. The van der Waals surface area contributed by atoms with Crippen LogP contribution in [0.15, 0.2) is 42.5 Å². The minimum absolute atomic E-state index is 0.114. The molecule has 1 heterocycles. The standard InChI is InChI=1S/C17H18N2O/c1-12-7-13(2)9-14(8-12)11-19-16-6-4-3-5-15(16)18-10-17(19)20/h3-9,18H,10-11H2,1-2H3. The quantitative estimate of drug-likeness (QED) is 0.905. The van der Waals surface area contributed by atoms with E-state index in [0.717, 1.165) is 11.4 Å². The molecule has 0 aliphatic carbocycles. The van der Waals surface area contributed by atoms with Crippen LogP contribution in [-0.2, 0) is 11.3 Å². The fourth-order valence-electron chi connectivity index (χ4n) is 2.78. The molecule has 2 aromatic carbocycles. The summed E-state index contributed by atoms with van der Waals surface area (Å²) in [5.41, 5.74) is 5.62. The van der Waals surface area contributed by atoms with Gasteiger partial charge < -0.3 is 10.2 Å². The highest BCUT2D eigenvalue weighted by molar-refractivity contribution is 6.02. The Morgan fingerprint density at radius 1 is 1.10 bits per heavy atom. The molecule has 1 aliphatic rings. The van der Waals surface area contributed by atoms with E-state index in [4.69, 9.17) is 0 Å². The van der Waals surface area contributed by atoms with E-state index in [1.807, 2.05) is 29.2 Å². The first kappa shape index (κ1) is 12.7. The lowest BCUT2D eigenvalue weighted by molar-refractivity contribution is -0.117. The van der Waals surface area contributed by atoms with Crippen LogP contribution in [0.25, 0.3) is 0 Å². The van der Waals surface area contributed by atoms with Gasteiger partial charge in [-0.1, -0.05) is 41.5 Å². The molecule has 3 heteroatoms. The number of carbonyl (C=O) groups is 1. The number of anilines is 2. The average molecular weight is 266 g/mol. The van der Waals surface area contributed by atoms with E-state index in [2.05, 4.69) is 37.4 Å². The number of amides is 1. The van der Waals surface area contributed by atoms with Crippen LogP contribution in [0.1, 0.15) is 16.7 Å². The highest BCUT2D eigenvalue weighted by Gasteiger charge is 2.23. The summed E-state index contributed by atoms with van der Waals surface area (Å²) < 4.78 is 0. The Labute approximate surface area is 119 Å². The zero-order chi connectivity index (χ0) is 14.1. The normalized spacial score (nSPS) is 13.9. The van der Waals surface area contributed by atoms with Crippen molar-refractivity contribution in [3.05, 3.63) is 59.2 Å². The summed E-state index contributed by atoms with van der Waals surface area (Å²) in [6.07, 6.45) is 0. The van der Waals surface area contributed by atoms with Crippen LogP contribution in [0.2, 0.25) is 0 Å². The van der Waals surface area contributed by atoms with Crippen molar-refractivity contribution in [2.45, 2.75) is 20.4 Å². The van der Waals surface area contributed by atoms with Gasteiger partial charge >= 0.3 is 0 Å². The topological polar surface area (TPSA) is 32.3 Å². The van der Waals surface area contributed by atoms with Gasteiger partial charge in [0.25, 0.3) is 0 Å². The van der Waals surface area contributed by atoms with Gasteiger partial charge in [-0.25, -0.2) is 0 Å². The lowest BCUT2D eigenvalue weighted by Gasteiger charge is -2.30. The van der Waals surface area contributed by atoms with Crippen molar-refractivity contribution in [1.82, 2.24) is 0 Å². The van der Waals surface area contributed by atoms with E-state index >= 15 is 0 Å². The maximum Gasteiger partial charge on any atom is 0.246 e. The van der Waals surface area contributed by atoms with Crippen molar-refractivity contribution in [2.24, 2.45) is 0 Å². The van der Waals surface area contributed by atoms with Gasteiger partial charge in [0.15, 0.2) is 0 Å². The monoisotopic (exact) mass is 266 g/mol. The number of nitrogens with one attached hydrogen (secondary N) is 1. The maximum absolute atomic E-state index is 12.2. The minimum Gasteiger partial charge on any atom is -0.374 e. The van der Waals surface area contributed by atoms with Crippen molar-refractivity contribution in [3.63, 3.8) is 0 Å². The molecule has 1 aliphatic heterocycles. The summed E-state index contributed by atoms with van der Waals surface area (Å²) in [6, 6.07) is 14.4. The van der Waals surface area contributed by atoms with E-state index in [1.165, 1.54) is 16.7 Å². The largest absolute Gasteiger partial charge is 0.374 e. The highest BCUT2D eigenvalue weighted by Crippen LogP contribution is 2.30. The summed E-state index contributed by atoms with van der Waals surface area (Å²) in [7, 11) is 0. The van der Waals surface area contributed by atoms with Crippen LogP contribution >= 0.6 is 0 Å². The van der Waals surface area contributed by atoms with E-state index in [9.17, 15) is 4.79 Å². The molecule has 0 aromatic heterocycles. The summed E-state index contributed by atoms with van der Waals surface area (Å²) in [4.78, 5) is 14.1. The third-order valence-corrected chi connectivity index (χ3v) is 3.55. The predicted molar refractivity (Wildman–Crippen MR) is 82.0 cm³/mol. The smallest absolute Gasteiger partial charge is 0.246 e. The molecule has 3 nitrogen and oxygen atoms in total. The van der Waals surface area contributed by atoms with Crippen molar-refractivity contribution < 1.29 is 4.79 Å². The Morgan fingerprint density at radius 3 is 2.55 bits per heavy atom. The van der Waals surface area contributed by atoms with Gasteiger partial charge in [0, 0.05) is 0 Å². The Balaban J connectivity index is 1.95. The molecule has 0 radical (unpaired) electrons. The second-order valence-electron chi connectivity index (χ2n) is 5.35. The van der Waals surface area contributed by atoms with Crippen molar-refractivity contribution in [2.75, 3.05) is 16.8 Å². The van der Waals surface area contributed by atoms with Gasteiger partial charge in [-0.15, -0.1) is 0 Å². The number of fused-ring (bicyclic) bond motifs is 1. The first-order chi connectivity index (χ1) is 9.63. The summed E-state index contributed by atoms with van der Waals surface area (Å²) in [5.74, 6) is 0.114. The second kappa shape index (κ2) is 5.00. The van der Waals surface area contributed by atoms with Crippen LogP contribution < -0.4 is 10.2 Å². The predicted octanol–water partition coefficient (Wildman–Crippen LogP) is 3.26. The van der Waals surface area contributed by atoms with Crippen LogP contribution in [-0.4, -0.2) is 12.5 Å². The molecule has 0 unspecified atom stereocenters. The number of para-hydroxylation sites is 2. The van der Waals surface area contributed by atoms with Gasteiger partial charge in [-0.05, 0) is 31.5 Å². The minimum atomic E-state index is 0.114. The van der Waals surface area contributed by atoms with Gasteiger partial charge in [0.2, 0.25) is 5.91 Å². The highest BCUT2D eigenvalue weighted by atomic mass is 16.2. The molecule has 102 valence electrons. The summed E-state index contributed by atoms with van der Waals surface area (Å²) >= 11 is 0. The van der Waals surface area contributed by atoms with Gasteiger partial charge in [-0.3, -0.25) is 4.79 Å².